The van der Waals surface area contributed by atoms with Gasteiger partial charge in [-0.25, -0.2) is 0 Å². The van der Waals surface area contributed by atoms with Crippen molar-refractivity contribution in [3.05, 3.63) is 23.8 Å². The van der Waals surface area contributed by atoms with Gasteiger partial charge in [0.25, 0.3) is 0 Å². The molecule has 3 nitrogen and oxygen atoms in total. The summed E-state index contributed by atoms with van der Waals surface area (Å²) in [4.78, 5) is 0. The van der Waals surface area contributed by atoms with Gasteiger partial charge in [0.1, 0.15) is 0 Å². The predicted molar refractivity (Wildman–Crippen MR) is 80.2 cm³/mol. The fourth-order valence-corrected chi connectivity index (χ4v) is 1.91. The molecule has 0 saturated carbocycles. The summed E-state index contributed by atoms with van der Waals surface area (Å²) in [5.41, 5.74) is 1.19. The summed E-state index contributed by atoms with van der Waals surface area (Å²) < 4.78 is 11.1. The van der Waals surface area contributed by atoms with Crippen LogP contribution in [0.4, 0.5) is 0 Å². The Hall–Kier alpha value is -1.22. The first-order valence-corrected chi connectivity index (χ1v) is 7.26. The highest BCUT2D eigenvalue weighted by Gasteiger charge is 2.03. The third-order valence-corrected chi connectivity index (χ3v) is 3.00. The van der Waals surface area contributed by atoms with Crippen LogP contribution in [0.5, 0.6) is 11.5 Å². The number of hydrogen-bond acceptors (Lipinski definition) is 3. The van der Waals surface area contributed by atoms with Gasteiger partial charge >= 0.3 is 0 Å². The molecule has 0 aliphatic heterocycles. The van der Waals surface area contributed by atoms with Crippen molar-refractivity contribution in [1.29, 1.82) is 0 Å². The molecule has 1 rings (SSSR count). The summed E-state index contributed by atoms with van der Waals surface area (Å²) in [6.07, 6.45) is 4.71. The number of aryl methyl sites for hydroxylation is 1. The van der Waals surface area contributed by atoms with Crippen LogP contribution in [0.1, 0.15) is 38.2 Å². The SMILES string of the molecule is CCCNCCCCCOc1ccc(C)cc1OC. The van der Waals surface area contributed by atoms with Gasteiger partial charge in [-0.2, -0.15) is 0 Å². The molecule has 1 aromatic carbocycles. The van der Waals surface area contributed by atoms with Gasteiger partial charge in [-0.1, -0.05) is 13.0 Å². The molecule has 19 heavy (non-hydrogen) atoms. The lowest BCUT2D eigenvalue weighted by molar-refractivity contribution is 0.285. The van der Waals surface area contributed by atoms with E-state index in [2.05, 4.69) is 19.2 Å². The van der Waals surface area contributed by atoms with Gasteiger partial charge in [-0.05, 0) is 63.4 Å². The molecule has 0 spiro atoms. The second kappa shape index (κ2) is 9.68. The Bertz CT molecular complexity index is 353. The summed E-state index contributed by atoms with van der Waals surface area (Å²) in [5.74, 6) is 1.67. The standard InChI is InChI=1S/C16H27NO2/c1-4-10-17-11-6-5-7-12-19-15-9-8-14(2)13-16(15)18-3/h8-9,13,17H,4-7,10-12H2,1-3H3. The summed E-state index contributed by atoms with van der Waals surface area (Å²) in [7, 11) is 1.68. The van der Waals surface area contributed by atoms with Gasteiger partial charge in [-0.15, -0.1) is 0 Å². The molecule has 108 valence electrons. The van der Waals surface area contributed by atoms with E-state index in [0.29, 0.717) is 0 Å². The predicted octanol–water partition coefficient (Wildman–Crippen LogP) is 3.55. The minimum absolute atomic E-state index is 0.757. The van der Waals surface area contributed by atoms with Crippen molar-refractivity contribution in [2.24, 2.45) is 0 Å². The Morgan fingerprint density at radius 2 is 1.89 bits per heavy atom. The zero-order valence-corrected chi connectivity index (χ0v) is 12.5. The van der Waals surface area contributed by atoms with Crippen LogP contribution >= 0.6 is 0 Å². The van der Waals surface area contributed by atoms with E-state index < -0.39 is 0 Å². The molecule has 1 aromatic rings. The molecule has 0 aliphatic rings. The number of methoxy groups -OCH3 is 1. The first kappa shape index (κ1) is 15.8. The maximum atomic E-state index is 5.77. The third kappa shape index (κ3) is 6.48. The summed E-state index contributed by atoms with van der Waals surface area (Å²) in [6.45, 7) is 7.23. The number of hydrogen-bond donors (Lipinski definition) is 1. The van der Waals surface area contributed by atoms with Gasteiger partial charge in [-0.3, -0.25) is 0 Å². The van der Waals surface area contributed by atoms with Gasteiger partial charge < -0.3 is 14.8 Å². The number of unbranched alkanes of at least 4 members (excludes halogenated alkanes) is 2. The molecule has 0 radical (unpaired) electrons. The van der Waals surface area contributed by atoms with Crippen molar-refractivity contribution >= 4 is 0 Å². The summed E-state index contributed by atoms with van der Waals surface area (Å²) >= 11 is 0. The highest BCUT2D eigenvalue weighted by Crippen LogP contribution is 2.27. The van der Waals surface area contributed by atoms with Crippen LogP contribution in [0.25, 0.3) is 0 Å². The van der Waals surface area contributed by atoms with Crippen molar-refractivity contribution in [3.8, 4) is 11.5 Å². The second-order valence-corrected chi connectivity index (χ2v) is 4.81. The third-order valence-electron chi connectivity index (χ3n) is 3.00. The van der Waals surface area contributed by atoms with Gasteiger partial charge in [0.15, 0.2) is 11.5 Å². The Morgan fingerprint density at radius 1 is 1.05 bits per heavy atom. The lowest BCUT2D eigenvalue weighted by atomic mass is 10.2. The van der Waals surface area contributed by atoms with Crippen molar-refractivity contribution in [3.63, 3.8) is 0 Å². The molecule has 1 N–H and O–H groups in total. The van der Waals surface area contributed by atoms with Crippen molar-refractivity contribution < 1.29 is 9.47 Å². The van der Waals surface area contributed by atoms with Gasteiger partial charge in [0.2, 0.25) is 0 Å². The molecule has 0 amide bonds. The molecule has 0 heterocycles. The minimum Gasteiger partial charge on any atom is -0.493 e. The number of ether oxygens (including phenoxy) is 2. The summed E-state index contributed by atoms with van der Waals surface area (Å²) in [5, 5.41) is 3.41. The van der Waals surface area contributed by atoms with Crippen LogP contribution in [-0.2, 0) is 0 Å². The molecule has 0 saturated heterocycles. The highest BCUT2D eigenvalue weighted by molar-refractivity contribution is 5.42. The van der Waals surface area contributed by atoms with E-state index in [1.807, 2.05) is 18.2 Å². The van der Waals surface area contributed by atoms with Crippen LogP contribution in [0.3, 0.4) is 0 Å². The largest absolute Gasteiger partial charge is 0.493 e. The lowest BCUT2D eigenvalue weighted by Gasteiger charge is -2.11. The molecule has 0 aliphatic carbocycles. The molecular formula is C16H27NO2. The molecule has 0 unspecified atom stereocenters. The topological polar surface area (TPSA) is 30.5 Å². The maximum Gasteiger partial charge on any atom is 0.161 e. The molecule has 0 atom stereocenters. The Morgan fingerprint density at radius 3 is 2.63 bits per heavy atom. The van der Waals surface area contributed by atoms with Crippen molar-refractivity contribution in [2.45, 2.75) is 39.5 Å². The lowest BCUT2D eigenvalue weighted by Crippen LogP contribution is -2.15. The van der Waals surface area contributed by atoms with Gasteiger partial charge in [0.05, 0.1) is 13.7 Å². The van der Waals surface area contributed by atoms with Crippen LogP contribution in [0.15, 0.2) is 18.2 Å². The van der Waals surface area contributed by atoms with Crippen LogP contribution < -0.4 is 14.8 Å². The number of rotatable bonds is 10. The van der Waals surface area contributed by atoms with Gasteiger partial charge in [0, 0.05) is 0 Å². The molecule has 0 fully saturated rings. The first-order valence-electron chi connectivity index (χ1n) is 7.26. The Kier molecular flexibility index (Phi) is 8.07. The molecular weight excluding hydrogens is 238 g/mol. The van der Waals surface area contributed by atoms with E-state index >= 15 is 0 Å². The smallest absolute Gasteiger partial charge is 0.161 e. The quantitative estimate of drug-likeness (QED) is 0.656. The maximum absolute atomic E-state index is 5.77. The molecule has 3 heteroatoms. The second-order valence-electron chi connectivity index (χ2n) is 4.81. The van der Waals surface area contributed by atoms with E-state index in [1.54, 1.807) is 7.11 Å². The fraction of sp³-hybridized carbons (Fsp3) is 0.625. The minimum atomic E-state index is 0.757. The van der Waals surface area contributed by atoms with Crippen molar-refractivity contribution in [1.82, 2.24) is 5.32 Å². The van der Waals surface area contributed by atoms with Crippen LogP contribution in [-0.4, -0.2) is 26.8 Å². The zero-order chi connectivity index (χ0) is 13.9. The number of benzene rings is 1. The first-order chi connectivity index (χ1) is 9.27. The van der Waals surface area contributed by atoms with E-state index in [1.165, 1.54) is 24.8 Å². The zero-order valence-electron chi connectivity index (χ0n) is 12.5. The van der Waals surface area contributed by atoms with Crippen LogP contribution in [0.2, 0.25) is 0 Å². The summed E-state index contributed by atoms with van der Waals surface area (Å²) in [6, 6.07) is 6.04. The van der Waals surface area contributed by atoms with E-state index in [4.69, 9.17) is 9.47 Å². The van der Waals surface area contributed by atoms with E-state index in [-0.39, 0.29) is 0 Å². The Labute approximate surface area is 117 Å². The van der Waals surface area contributed by atoms with Crippen LogP contribution in [0, 0.1) is 6.92 Å². The average molecular weight is 265 g/mol. The average Bonchev–Trinajstić information content (AvgIpc) is 2.43. The van der Waals surface area contributed by atoms with E-state index in [9.17, 15) is 0 Å². The highest BCUT2D eigenvalue weighted by atomic mass is 16.5. The molecule has 0 aromatic heterocycles. The van der Waals surface area contributed by atoms with E-state index in [0.717, 1.165) is 37.6 Å². The molecule has 0 bridgehead atoms. The normalized spacial score (nSPS) is 10.5. The van der Waals surface area contributed by atoms with Crippen molar-refractivity contribution in [2.75, 3.05) is 26.8 Å². The Balaban J connectivity index is 2.15. The fourth-order valence-electron chi connectivity index (χ4n) is 1.91. The number of nitrogens with one attached hydrogen (secondary N) is 1. The monoisotopic (exact) mass is 265 g/mol.